The van der Waals surface area contributed by atoms with Crippen molar-refractivity contribution in [2.45, 2.75) is 37.6 Å². The summed E-state index contributed by atoms with van der Waals surface area (Å²) in [6.45, 7) is 0. The van der Waals surface area contributed by atoms with Crippen LogP contribution in [0.2, 0.25) is 0 Å². The van der Waals surface area contributed by atoms with Crippen molar-refractivity contribution in [1.29, 1.82) is 0 Å². The lowest BCUT2D eigenvalue weighted by Crippen LogP contribution is -2.37. The number of carboxylic acid groups (broad SMARTS) is 1. The highest BCUT2D eigenvalue weighted by molar-refractivity contribution is 5.69. The van der Waals surface area contributed by atoms with Crippen molar-refractivity contribution in [2.75, 3.05) is 12.4 Å². The highest BCUT2D eigenvalue weighted by Crippen LogP contribution is 2.36. The van der Waals surface area contributed by atoms with Crippen molar-refractivity contribution < 1.29 is 14.6 Å². The SMILES string of the molecule is COc1cc(NC2(CC(=O)O)CCCC2)ccn1. The minimum Gasteiger partial charge on any atom is -0.481 e. The number of nitrogens with zero attached hydrogens (tertiary/aromatic N) is 1. The second-order valence-corrected chi connectivity index (χ2v) is 4.77. The molecule has 1 fully saturated rings. The van der Waals surface area contributed by atoms with E-state index in [4.69, 9.17) is 9.84 Å². The molecule has 18 heavy (non-hydrogen) atoms. The van der Waals surface area contributed by atoms with Crippen LogP contribution in [0.15, 0.2) is 18.3 Å². The van der Waals surface area contributed by atoms with Gasteiger partial charge < -0.3 is 15.2 Å². The van der Waals surface area contributed by atoms with Gasteiger partial charge in [0.25, 0.3) is 0 Å². The standard InChI is InChI=1S/C13H18N2O3/c1-18-11-8-10(4-7-14-11)15-13(9-12(16)17)5-2-3-6-13/h4,7-8H,2-3,5-6,9H2,1H3,(H,14,15)(H,16,17). The molecular weight excluding hydrogens is 232 g/mol. The summed E-state index contributed by atoms with van der Waals surface area (Å²) in [5.41, 5.74) is 0.545. The van der Waals surface area contributed by atoms with Crippen molar-refractivity contribution in [3.05, 3.63) is 18.3 Å². The molecule has 1 heterocycles. The molecule has 1 aromatic rings. The van der Waals surface area contributed by atoms with E-state index in [9.17, 15) is 4.79 Å². The van der Waals surface area contributed by atoms with Crippen LogP contribution >= 0.6 is 0 Å². The third-order valence-electron chi connectivity index (χ3n) is 3.40. The molecule has 2 rings (SSSR count). The number of aliphatic carboxylic acids is 1. The Morgan fingerprint density at radius 1 is 1.56 bits per heavy atom. The monoisotopic (exact) mass is 250 g/mol. The van der Waals surface area contributed by atoms with Crippen molar-refractivity contribution in [3.8, 4) is 5.88 Å². The summed E-state index contributed by atoms with van der Waals surface area (Å²) in [5, 5.41) is 12.4. The highest BCUT2D eigenvalue weighted by Gasteiger charge is 2.35. The molecule has 0 spiro atoms. The van der Waals surface area contributed by atoms with Gasteiger partial charge in [-0.1, -0.05) is 12.8 Å². The Morgan fingerprint density at radius 2 is 2.28 bits per heavy atom. The number of carboxylic acids is 1. The molecule has 0 radical (unpaired) electrons. The van der Waals surface area contributed by atoms with Gasteiger partial charge in [-0.3, -0.25) is 4.79 Å². The second kappa shape index (κ2) is 5.25. The largest absolute Gasteiger partial charge is 0.481 e. The van der Waals surface area contributed by atoms with E-state index in [1.807, 2.05) is 6.07 Å². The van der Waals surface area contributed by atoms with E-state index in [1.165, 1.54) is 0 Å². The van der Waals surface area contributed by atoms with Gasteiger partial charge in [0.15, 0.2) is 0 Å². The Hall–Kier alpha value is -1.78. The molecule has 2 N–H and O–H groups in total. The number of hydrogen-bond acceptors (Lipinski definition) is 4. The molecule has 0 aromatic carbocycles. The number of ether oxygens (including phenoxy) is 1. The van der Waals surface area contributed by atoms with E-state index in [1.54, 1.807) is 19.4 Å². The first-order chi connectivity index (χ1) is 8.63. The fourth-order valence-electron chi connectivity index (χ4n) is 2.59. The van der Waals surface area contributed by atoms with Crippen LogP contribution in [-0.4, -0.2) is 28.7 Å². The molecule has 1 aliphatic rings. The third-order valence-corrected chi connectivity index (χ3v) is 3.40. The molecule has 0 bridgehead atoms. The van der Waals surface area contributed by atoms with Crippen LogP contribution in [0.4, 0.5) is 5.69 Å². The van der Waals surface area contributed by atoms with Gasteiger partial charge in [0.2, 0.25) is 5.88 Å². The summed E-state index contributed by atoms with van der Waals surface area (Å²) < 4.78 is 5.07. The van der Waals surface area contributed by atoms with E-state index in [0.717, 1.165) is 31.4 Å². The first kappa shape index (κ1) is 12.7. The maximum Gasteiger partial charge on any atom is 0.305 e. The zero-order valence-corrected chi connectivity index (χ0v) is 10.5. The number of anilines is 1. The van der Waals surface area contributed by atoms with Gasteiger partial charge in [-0.25, -0.2) is 4.98 Å². The van der Waals surface area contributed by atoms with Gasteiger partial charge in [0.1, 0.15) is 0 Å². The van der Waals surface area contributed by atoms with E-state index in [2.05, 4.69) is 10.3 Å². The van der Waals surface area contributed by atoms with Gasteiger partial charge in [0.05, 0.1) is 13.5 Å². The summed E-state index contributed by atoms with van der Waals surface area (Å²) in [4.78, 5) is 15.0. The molecule has 1 saturated carbocycles. The molecule has 98 valence electrons. The normalized spacial score (nSPS) is 17.4. The quantitative estimate of drug-likeness (QED) is 0.839. The van der Waals surface area contributed by atoms with Crippen LogP contribution in [0.5, 0.6) is 5.88 Å². The molecule has 5 heteroatoms. The Balaban J connectivity index is 2.15. The van der Waals surface area contributed by atoms with Gasteiger partial charge >= 0.3 is 5.97 Å². The van der Waals surface area contributed by atoms with Crippen LogP contribution in [0, 0.1) is 0 Å². The first-order valence-corrected chi connectivity index (χ1v) is 6.14. The van der Waals surface area contributed by atoms with Crippen LogP contribution in [0.1, 0.15) is 32.1 Å². The highest BCUT2D eigenvalue weighted by atomic mass is 16.5. The van der Waals surface area contributed by atoms with E-state index in [-0.39, 0.29) is 12.0 Å². The number of rotatable bonds is 5. The van der Waals surface area contributed by atoms with E-state index in [0.29, 0.717) is 5.88 Å². The molecule has 5 nitrogen and oxygen atoms in total. The Kier molecular flexibility index (Phi) is 3.69. The molecule has 1 aliphatic carbocycles. The molecule has 0 atom stereocenters. The number of hydrogen-bond donors (Lipinski definition) is 2. The minimum atomic E-state index is -0.759. The number of methoxy groups -OCH3 is 1. The van der Waals surface area contributed by atoms with E-state index >= 15 is 0 Å². The van der Waals surface area contributed by atoms with Gasteiger partial charge in [0, 0.05) is 23.5 Å². The Bertz CT molecular complexity index is 428. The maximum absolute atomic E-state index is 11.0. The molecule has 0 aliphatic heterocycles. The zero-order chi connectivity index (χ0) is 13.0. The fraction of sp³-hybridized carbons (Fsp3) is 0.538. The van der Waals surface area contributed by atoms with Crippen molar-refractivity contribution in [3.63, 3.8) is 0 Å². The molecule has 0 amide bonds. The summed E-state index contributed by atoms with van der Waals surface area (Å²) in [6, 6.07) is 3.63. The lowest BCUT2D eigenvalue weighted by atomic mass is 9.93. The summed E-state index contributed by atoms with van der Waals surface area (Å²) in [6.07, 6.45) is 5.74. The van der Waals surface area contributed by atoms with Crippen LogP contribution in [0.3, 0.4) is 0 Å². The van der Waals surface area contributed by atoms with Crippen LogP contribution < -0.4 is 10.1 Å². The summed E-state index contributed by atoms with van der Waals surface area (Å²) in [5.74, 6) is -0.228. The lowest BCUT2D eigenvalue weighted by Gasteiger charge is -2.30. The minimum absolute atomic E-state index is 0.150. The van der Waals surface area contributed by atoms with Crippen LogP contribution in [-0.2, 0) is 4.79 Å². The number of pyridine rings is 1. The predicted octanol–water partition coefficient (Wildman–Crippen LogP) is 2.29. The van der Waals surface area contributed by atoms with Crippen LogP contribution in [0.25, 0.3) is 0 Å². The second-order valence-electron chi connectivity index (χ2n) is 4.77. The Labute approximate surface area is 106 Å². The topological polar surface area (TPSA) is 71.5 Å². The average molecular weight is 250 g/mol. The van der Waals surface area contributed by atoms with Crippen molar-refractivity contribution in [1.82, 2.24) is 4.98 Å². The maximum atomic E-state index is 11.0. The van der Waals surface area contributed by atoms with E-state index < -0.39 is 5.97 Å². The number of carbonyl (C=O) groups is 1. The number of nitrogens with one attached hydrogen (secondary N) is 1. The summed E-state index contributed by atoms with van der Waals surface area (Å²) in [7, 11) is 1.56. The molecular formula is C13H18N2O3. The van der Waals surface area contributed by atoms with Gasteiger partial charge in [-0.2, -0.15) is 0 Å². The summed E-state index contributed by atoms with van der Waals surface area (Å²) >= 11 is 0. The Morgan fingerprint density at radius 3 is 2.89 bits per heavy atom. The molecule has 0 unspecified atom stereocenters. The average Bonchev–Trinajstić information content (AvgIpc) is 2.76. The molecule has 1 aromatic heterocycles. The fourth-order valence-corrected chi connectivity index (χ4v) is 2.59. The predicted molar refractivity (Wildman–Crippen MR) is 67.9 cm³/mol. The van der Waals surface area contributed by atoms with Gasteiger partial charge in [-0.15, -0.1) is 0 Å². The third kappa shape index (κ3) is 2.91. The van der Waals surface area contributed by atoms with Gasteiger partial charge in [-0.05, 0) is 18.9 Å². The lowest BCUT2D eigenvalue weighted by molar-refractivity contribution is -0.138. The smallest absolute Gasteiger partial charge is 0.305 e. The van der Waals surface area contributed by atoms with Crippen molar-refractivity contribution >= 4 is 11.7 Å². The molecule has 0 saturated heterocycles. The van der Waals surface area contributed by atoms with Crippen molar-refractivity contribution in [2.24, 2.45) is 0 Å². The zero-order valence-electron chi connectivity index (χ0n) is 10.5. The first-order valence-electron chi connectivity index (χ1n) is 6.14. The number of aromatic nitrogens is 1.